The first-order valence-electron chi connectivity index (χ1n) is 13.5. The van der Waals surface area contributed by atoms with Crippen LogP contribution in [0.25, 0.3) is 27.7 Å². The molecule has 4 aromatic carbocycles. The Morgan fingerprint density at radius 2 is 1.59 bits per heavy atom. The summed E-state index contributed by atoms with van der Waals surface area (Å²) in [6, 6.07) is 32.1. The summed E-state index contributed by atoms with van der Waals surface area (Å²) in [5, 5.41) is 0.498. The van der Waals surface area contributed by atoms with Crippen molar-refractivity contribution in [2.75, 3.05) is 20.3 Å². The van der Waals surface area contributed by atoms with Gasteiger partial charge in [0.1, 0.15) is 5.82 Å². The lowest BCUT2D eigenvalue weighted by molar-refractivity contribution is -0.133. The van der Waals surface area contributed by atoms with E-state index in [9.17, 15) is 9.59 Å². The molecule has 1 heterocycles. The van der Waals surface area contributed by atoms with Crippen molar-refractivity contribution in [1.82, 2.24) is 14.5 Å². The Morgan fingerprint density at radius 1 is 0.927 bits per heavy atom. The van der Waals surface area contributed by atoms with E-state index in [1.807, 2.05) is 67.6 Å². The highest BCUT2D eigenvalue weighted by Gasteiger charge is 2.27. The smallest absolute Gasteiger partial charge is 0.266 e. The third-order valence-corrected chi connectivity index (χ3v) is 7.21. The largest absolute Gasteiger partial charge is 0.383 e. The van der Waals surface area contributed by atoms with Crippen molar-refractivity contribution >= 4 is 16.8 Å². The molecule has 41 heavy (non-hydrogen) atoms. The van der Waals surface area contributed by atoms with Crippen molar-refractivity contribution in [2.45, 2.75) is 19.4 Å². The Hall–Kier alpha value is -4.99. The number of para-hydroxylation sites is 1. The normalized spacial score (nSPS) is 11.6. The van der Waals surface area contributed by atoms with Gasteiger partial charge in [0, 0.05) is 19.2 Å². The average molecular weight is 542 g/mol. The first kappa shape index (κ1) is 27.6. The van der Waals surface area contributed by atoms with Gasteiger partial charge in [-0.1, -0.05) is 72.7 Å². The van der Waals surface area contributed by atoms with Gasteiger partial charge in [0.05, 0.1) is 35.7 Å². The van der Waals surface area contributed by atoms with Gasteiger partial charge in [-0.05, 0) is 60.0 Å². The van der Waals surface area contributed by atoms with Gasteiger partial charge < -0.3 is 9.64 Å². The summed E-state index contributed by atoms with van der Waals surface area (Å²) in [4.78, 5) is 34.3. The second kappa shape index (κ2) is 12.5. The number of amides is 1. The lowest BCUT2D eigenvalue weighted by Crippen LogP contribution is -2.40. The van der Waals surface area contributed by atoms with E-state index in [1.165, 1.54) is 0 Å². The molecule has 1 aromatic heterocycles. The van der Waals surface area contributed by atoms with Crippen LogP contribution in [-0.4, -0.2) is 40.6 Å². The molecule has 0 unspecified atom stereocenters. The highest BCUT2D eigenvalue weighted by molar-refractivity contribution is 5.80. The molecule has 0 aliphatic carbocycles. The van der Waals surface area contributed by atoms with Gasteiger partial charge in [0.25, 0.3) is 5.56 Å². The summed E-state index contributed by atoms with van der Waals surface area (Å²) in [6.07, 6.45) is 5.76. The van der Waals surface area contributed by atoms with Crippen LogP contribution in [0.5, 0.6) is 0 Å². The summed E-state index contributed by atoms with van der Waals surface area (Å²) >= 11 is 0. The molecule has 0 aliphatic rings. The van der Waals surface area contributed by atoms with Gasteiger partial charge in [-0.25, -0.2) is 4.98 Å². The molecular formula is C35H31N3O3. The SMILES string of the molecule is C#Cc1ccc(-n2c([C@@H](C)N(CCOC)C(=O)Cc3ccc(-c4ccccc4)cc3)nc3ccccc3c2=O)cc1. The molecular weight excluding hydrogens is 510 g/mol. The van der Waals surface area contributed by atoms with Gasteiger partial charge in [-0.3, -0.25) is 14.2 Å². The second-order valence-electron chi connectivity index (χ2n) is 9.81. The molecule has 5 rings (SSSR count). The first-order valence-corrected chi connectivity index (χ1v) is 13.5. The van der Waals surface area contributed by atoms with Gasteiger partial charge in [-0.15, -0.1) is 6.42 Å². The van der Waals surface area contributed by atoms with Crippen LogP contribution in [0.15, 0.2) is 108 Å². The topological polar surface area (TPSA) is 64.4 Å². The summed E-state index contributed by atoms with van der Waals surface area (Å²) < 4.78 is 6.93. The molecule has 0 radical (unpaired) electrons. The van der Waals surface area contributed by atoms with Crippen molar-refractivity contribution in [3.05, 3.63) is 130 Å². The Balaban J connectivity index is 1.51. The number of rotatable bonds is 9. The molecule has 1 amide bonds. The number of hydrogen-bond donors (Lipinski definition) is 0. The Bertz CT molecular complexity index is 1750. The van der Waals surface area contributed by atoms with E-state index in [4.69, 9.17) is 16.1 Å². The van der Waals surface area contributed by atoms with E-state index < -0.39 is 6.04 Å². The molecule has 6 nitrogen and oxygen atoms in total. The highest BCUT2D eigenvalue weighted by atomic mass is 16.5. The minimum Gasteiger partial charge on any atom is -0.383 e. The molecule has 0 saturated carbocycles. The number of methoxy groups -OCH3 is 1. The van der Waals surface area contributed by atoms with Crippen LogP contribution in [0.2, 0.25) is 0 Å². The number of ether oxygens (including phenoxy) is 1. The maximum atomic E-state index is 13.8. The molecule has 204 valence electrons. The maximum absolute atomic E-state index is 13.8. The molecule has 0 N–H and O–H groups in total. The van der Waals surface area contributed by atoms with Crippen LogP contribution in [0.4, 0.5) is 0 Å². The number of nitrogens with zero attached hydrogens (tertiary/aromatic N) is 3. The zero-order valence-electron chi connectivity index (χ0n) is 23.2. The molecule has 0 saturated heterocycles. The number of carbonyl (C=O) groups excluding carboxylic acids is 1. The van der Waals surface area contributed by atoms with Gasteiger partial charge in [0.15, 0.2) is 0 Å². The van der Waals surface area contributed by atoms with E-state index in [-0.39, 0.29) is 17.9 Å². The third-order valence-electron chi connectivity index (χ3n) is 7.21. The van der Waals surface area contributed by atoms with Crippen LogP contribution >= 0.6 is 0 Å². The Labute approximate surface area is 239 Å². The molecule has 0 fully saturated rings. The minimum absolute atomic E-state index is 0.0846. The fourth-order valence-electron chi connectivity index (χ4n) is 4.97. The quantitative estimate of drug-likeness (QED) is 0.221. The van der Waals surface area contributed by atoms with Crippen LogP contribution in [0, 0.1) is 12.3 Å². The van der Waals surface area contributed by atoms with E-state index in [0.29, 0.717) is 41.1 Å². The minimum atomic E-state index is -0.522. The van der Waals surface area contributed by atoms with Gasteiger partial charge in [0.2, 0.25) is 5.91 Å². The predicted octanol–water partition coefficient (Wildman–Crippen LogP) is 5.81. The number of terminal acetylenes is 1. The van der Waals surface area contributed by atoms with E-state index in [0.717, 1.165) is 16.7 Å². The Kier molecular flexibility index (Phi) is 8.38. The van der Waals surface area contributed by atoms with Crippen molar-refractivity contribution in [2.24, 2.45) is 0 Å². The molecule has 0 spiro atoms. The monoisotopic (exact) mass is 541 g/mol. The number of hydrogen-bond acceptors (Lipinski definition) is 4. The number of carbonyl (C=O) groups is 1. The highest BCUT2D eigenvalue weighted by Crippen LogP contribution is 2.25. The van der Waals surface area contributed by atoms with Crippen molar-refractivity contribution in [3.8, 4) is 29.2 Å². The zero-order valence-corrected chi connectivity index (χ0v) is 23.2. The maximum Gasteiger partial charge on any atom is 0.266 e. The average Bonchev–Trinajstić information content (AvgIpc) is 3.02. The molecule has 1 atom stereocenters. The van der Waals surface area contributed by atoms with Crippen molar-refractivity contribution < 1.29 is 9.53 Å². The standard InChI is InChI=1S/C35H31N3O3/c1-4-26-16-20-30(21-17-26)38-34(36-32-13-9-8-12-31(32)35(38)40)25(2)37(22-23-41-3)33(39)24-27-14-18-29(19-15-27)28-10-6-5-7-11-28/h1,5-21,25H,22-24H2,2-3H3/t25-/m1/s1. The van der Waals surface area contributed by atoms with Gasteiger partial charge >= 0.3 is 0 Å². The Morgan fingerprint density at radius 3 is 2.27 bits per heavy atom. The molecule has 0 aliphatic heterocycles. The fraction of sp³-hybridized carbons (Fsp3) is 0.171. The third kappa shape index (κ3) is 5.96. The van der Waals surface area contributed by atoms with E-state index in [2.05, 4.69) is 18.1 Å². The van der Waals surface area contributed by atoms with E-state index >= 15 is 0 Å². The first-order chi connectivity index (χ1) is 20.0. The molecule has 0 bridgehead atoms. The summed E-state index contributed by atoms with van der Waals surface area (Å²) in [7, 11) is 1.60. The zero-order chi connectivity index (χ0) is 28.8. The van der Waals surface area contributed by atoms with Crippen LogP contribution in [-0.2, 0) is 16.0 Å². The van der Waals surface area contributed by atoms with Crippen LogP contribution in [0.3, 0.4) is 0 Å². The molecule has 6 heteroatoms. The van der Waals surface area contributed by atoms with Crippen LogP contribution in [0.1, 0.15) is 29.9 Å². The summed E-state index contributed by atoms with van der Waals surface area (Å²) in [6.45, 7) is 2.59. The summed E-state index contributed by atoms with van der Waals surface area (Å²) in [5.74, 6) is 2.99. The number of fused-ring (bicyclic) bond motifs is 1. The lowest BCUT2D eigenvalue weighted by atomic mass is 10.0. The molecule has 5 aromatic rings. The number of aromatic nitrogens is 2. The van der Waals surface area contributed by atoms with Crippen molar-refractivity contribution in [1.29, 1.82) is 0 Å². The van der Waals surface area contributed by atoms with Gasteiger partial charge in [-0.2, -0.15) is 0 Å². The lowest BCUT2D eigenvalue weighted by Gasteiger charge is -2.30. The number of benzene rings is 4. The predicted molar refractivity (Wildman–Crippen MR) is 163 cm³/mol. The van der Waals surface area contributed by atoms with E-state index in [1.54, 1.807) is 46.9 Å². The fourth-order valence-corrected chi connectivity index (χ4v) is 4.97. The summed E-state index contributed by atoms with van der Waals surface area (Å²) in [5.41, 5.74) is 4.82. The van der Waals surface area contributed by atoms with Crippen LogP contribution < -0.4 is 5.56 Å². The second-order valence-corrected chi connectivity index (χ2v) is 9.81. The van der Waals surface area contributed by atoms with Crippen molar-refractivity contribution in [3.63, 3.8) is 0 Å².